The predicted molar refractivity (Wildman–Crippen MR) is 109 cm³/mol. The van der Waals surface area contributed by atoms with E-state index < -0.39 is 5.60 Å². The van der Waals surface area contributed by atoms with Crippen molar-refractivity contribution in [2.24, 2.45) is 5.92 Å². The van der Waals surface area contributed by atoms with Gasteiger partial charge >= 0.3 is 0 Å². The number of benzene rings is 1. The first-order valence-corrected chi connectivity index (χ1v) is 10.6. The summed E-state index contributed by atoms with van der Waals surface area (Å²) in [5, 5.41) is 12.2. The number of hydrogen-bond donors (Lipinski definition) is 1. The molecule has 3 rings (SSSR count). The molecule has 1 atom stereocenters. The van der Waals surface area contributed by atoms with Crippen molar-refractivity contribution < 1.29 is 9.84 Å². The Morgan fingerprint density at radius 2 is 2.00 bits per heavy atom. The average molecular weight is 391 g/mol. The highest BCUT2D eigenvalue weighted by molar-refractivity contribution is 6.30. The first-order chi connectivity index (χ1) is 13.1. The summed E-state index contributed by atoms with van der Waals surface area (Å²) < 4.78 is 8.03. The lowest BCUT2D eigenvalue weighted by Gasteiger charge is -2.31. The molecule has 4 nitrogen and oxygen atoms in total. The highest BCUT2D eigenvalue weighted by Gasteiger charge is 2.47. The Balaban J connectivity index is 1.68. The molecule has 0 saturated heterocycles. The third-order valence-electron chi connectivity index (χ3n) is 5.40. The van der Waals surface area contributed by atoms with Crippen LogP contribution in [0.25, 0.3) is 0 Å². The van der Waals surface area contributed by atoms with Crippen LogP contribution in [0.4, 0.5) is 0 Å². The van der Waals surface area contributed by atoms with Crippen molar-refractivity contribution in [3.05, 3.63) is 47.5 Å². The molecule has 0 amide bonds. The molecule has 1 heterocycles. The minimum Gasteiger partial charge on any atom is -0.493 e. The van der Waals surface area contributed by atoms with Gasteiger partial charge in [-0.25, -0.2) is 4.98 Å². The van der Waals surface area contributed by atoms with Gasteiger partial charge < -0.3 is 14.4 Å². The first kappa shape index (κ1) is 20.2. The van der Waals surface area contributed by atoms with Crippen molar-refractivity contribution in [2.45, 2.75) is 70.4 Å². The van der Waals surface area contributed by atoms with Crippen molar-refractivity contribution in [3.63, 3.8) is 0 Å². The number of rotatable bonds is 12. The van der Waals surface area contributed by atoms with Crippen molar-refractivity contribution in [1.29, 1.82) is 0 Å². The van der Waals surface area contributed by atoms with Gasteiger partial charge in [0.15, 0.2) is 0 Å². The minimum atomic E-state index is -0.984. The van der Waals surface area contributed by atoms with Gasteiger partial charge in [0, 0.05) is 23.0 Å². The van der Waals surface area contributed by atoms with Crippen LogP contribution in [-0.2, 0) is 12.1 Å². The number of nitrogens with zero attached hydrogens (tertiary/aromatic N) is 2. The zero-order chi connectivity index (χ0) is 19.1. The molecule has 2 aromatic rings. The highest BCUT2D eigenvalue weighted by atomic mass is 35.5. The van der Waals surface area contributed by atoms with Crippen LogP contribution in [-0.4, -0.2) is 21.3 Å². The highest BCUT2D eigenvalue weighted by Crippen LogP contribution is 2.49. The monoisotopic (exact) mass is 390 g/mol. The van der Waals surface area contributed by atoms with E-state index in [1.165, 1.54) is 32.1 Å². The Morgan fingerprint density at radius 1 is 1.22 bits per heavy atom. The van der Waals surface area contributed by atoms with Gasteiger partial charge in [-0.15, -0.1) is 0 Å². The van der Waals surface area contributed by atoms with Crippen LogP contribution in [0.2, 0.25) is 5.02 Å². The van der Waals surface area contributed by atoms with Gasteiger partial charge in [0.05, 0.1) is 19.5 Å². The largest absolute Gasteiger partial charge is 0.493 e. The molecule has 1 fully saturated rings. The molecule has 0 radical (unpaired) electrons. The summed E-state index contributed by atoms with van der Waals surface area (Å²) >= 11 is 6.28. The van der Waals surface area contributed by atoms with Crippen LogP contribution in [0, 0.1) is 5.92 Å². The number of imidazole rings is 1. The molecule has 1 saturated carbocycles. The van der Waals surface area contributed by atoms with Gasteiger partial charge in [0.1, 0.15) is 11.4 Å². The molecular formula is C22H31ClN2O2. The van der Waals surface area contributed by atoms with Crippen molar-refractivity contribution >= 4 is 11.6 Å². The predicted octanol–water partition coefficient (Wildman–Crippen LogP) is 5.57. The smallest absolute Gasteiger partial charge is 0.125 e. The lowest BCUT2D eigenvalue weighted by molar-refractivity contribution is -0.00702. The summed E-state index contributed by atoms with van der Waals surface area (Å²) in [5.41, 5.74) is -0.181. The summed E-state index contributed by atoms with van der Waals surface area (Å²) in [4.78, 5) is 4.11. The zero-order valence-electron chi connectivity index (χ0n) is 16.2. The molecule has 0 aliphatic heterocycles. The molecule has 1 unspecified atom stereocenters. The Morgan fingerprint density at radius 3 is 2.70 bits per heavy atom. The first-order valence-electron chi connectivity index (χ1n) is 10.2. The third kappa shape index (κ3) is 5.49. The van der Waals surface area contributed by atoms with Gasteiger partial charge in [0.25, 0.3) is 0 Å². The van der Waals surface area contributed by atoms with Gasteiger partial charge in [0.2, 0.25) is 0 Å². The summed E-state index contributed by atoms with van der Waals surface area (Å²) in [5.74, 6) is 0.984. The molecule has 148 valence electrons. The second kappa shape index (κ2) is 9.61. The molecular weight excluding hydrogens is 360 g/mol. The number of hydrogen-bond acceptors (Lipinski definition) is 3. The van der Waals surface area contributed by atoms with Gasteiger partial charge in [-0.2, -0.15) is 0 Å². The van der Waals surface area contributed by atoms with E-state index in [4.69, 9.17) is 16.3 Å². The topological polar surface area (TPSA) is 47.3 Å². The fourth-order valence-corrected chi connectivity index (χ4v) is 3.86. The molecule has 1 aliphatic carbocycles. The molecule has 27 heavy (non-hydrogen) atoms. The molecule has 5 heteroatoms. The number of ether oxygens (including phenoxy) is 1. The average Bonchev–Trinajstić information content (AvgIpc) is 3.41. The van der Waals surface area contributed by atoms with Crippen LogP contribution in [0.3, 0.4) is 0 Å². The summed E-state index contributed by atoms with van der Waals surface area (Å²) in [6.07, 6.45) is 14.8. The molecule has 0 spiro atoms. The fourth-order valence-electron chi connectivity index (χ4n) is 3.68. The second-order valence-corrected chi connectivity index (χ2v) is 8.13. The number of aromatic nitrogens is 2. The minimum absolute atomic E-state index is 0.231. The van der Waals surface area contributed by atoms with E-state index in [0.29, 0.717) is 18.2 Å². The molecule has 0 bridgehead atoms. The van der Waals surface area contributed by atoms with Crippen LogP contribution >= 0.6 is 11.6 Å². The van der Waals surface area contributed by atoms with E-state index in [2.05, 4.69) is 11.9 Å². The van der Waals surface area contributed by atoms with E-state index in [9.17, 15) is 5.11 Å². The third-order valence-corrected chi connectivity index (χ3v) is 5.63. The van der Waals surface area contributed by atoms with Crippen molar-refractivity contribution in [3.8, 4) is 5.75 Å². The normalized spacial score (nSPS) is 16.3. The lowest BCUT2D eigenvalue weighted by atomic mass is 9.87. The Bertz CT molecular complexity index is 700. The van der Waals surface area contributed by atoms with Crippen molar-refractivity contribution in [2.75, 3.05) is 6.61 Å². The van der Waals surface area contributed by atoms with Gasteiger partial charge in [-0.1, -0.05) is 50.6 Å². The maximum atomic E-state index is 11.6. The SMILES string of the molecule is CCCCCCCCOc1ccc(Cl)cc1C(O)(Cn1ccnc1)C1CC1. The molecule has 1 aromatic heterocycles. The van der Waals surface area contributed by atoms with Crippen LogP contribution in [0.15, 0.2) is 36.9 Å². The maximum Gasteiger partial charge on any atom is 0.125 e. The summed E-state index contributed by atoms with van der Waals surface area (Å²) in [7, 11) is 0. The Kier molecular flexibility index (Phi) is 7.20. The molecule has 1 aromatic carbocycles. The lowest BCUT2D eigenvalue weighted by Crippen LogP contribution is -2.34. The summed E-state index contributed by atoms with van der Waals surface area (Å²) in [6.45, 7) is 3.37. The fraction of sp³-hybridized carbons (Fsp3) is 0.591. The quantitative estimate of drug-likeness (QED) is 0.481. The zero-order valence-corrected chi connectivity index (χ0v) is 17.0. The van der Waals surface area contributed by atoms with E-state index in [0.717, 1.165) is 30.6 Å². The van der Waals surface area contributed by atoms with Crippen LogP contribution < -0.4 is 4.74 Å². The number of unbranched alkanes of at least 4 members (excludes halogenated alkanes) is 5. The van der Waals surface area contributed by atoms with Crippen LogP contribution in [0.1, 0.15) is 63.9 Å². The Hall–Kier alpha value is -1.52. The van der Waals surface area contributed by atoms with Crippen LogP contribution in [0.5, 0.6) is 5.75 Å². The number of aliphatic hydroxyl groups is 1. The Labute approximate surface area is 167 Å². The van der Waals surface area contributed by atoms with E-state index >= 15 is 0 Å². The standard InChI is InChI=1S/C22H31ClN2O2/c1-2-3-4-5-6-7-14-27-21-11-10-19(23)15-20(21)22(26,18-8-9-18)16-25-13-12-24-17-25/h10-13,15,17-18,26H,2-9,14,16H2,1H3. The maximum absolute atomic E-state index is 11.6. The second-order valence-electron chi connectivity index (χ2n) is 7.69. The van der Waals surface area contributed by atoms with E-state index in [1.807, 2.05) is 29.0 Å². The number of halogens is 1. The van der Waals surface area contributed by atoms with Gasteiger partial charge in [-0.05, 0) is 43.4 Å². The molecule has 1 aliphatic rings. The summed E-state index contributed by atoms with van der Waals surface area (Å²) in [6, 6.07) is 5.61. The molecule has 1 N–H and O–H groups in total. The van der Waals surface area contributed by atoms with E-state index in [-0.39, 0.29) is 5.92 Å². The van der Waals surface area contributed by atoms with E-state index in [1.54, 1.807) is 12.5 Å². The van der Waals surface area contributed by atoms with Crippen molar-refractivity contribution in [1.82, 2.24) is 9.55 Å². The van der Waals surface area contributed by atoms with Gasteiger partial charge in [-0.3, -0.25) is 0 Å².